The molecule has 3 heterocycles. The van der Waals surface area contributed by atoms with E-state index >= 15 is 8.78 Å². The van der Waals surface area contributed by atoms with Gasteiger partial charge in [0, 0.05) is 0 Å². The molecule has 1 aliphatic rings. The highest BCUT2D eigenvalue weighted by Crippen LogP contribution is 2.54. The van der Waals surface area contributed by atoms with Crippen LogP contribution in [0.5, 0.6) is 5.75 Å². The maximum atomic E-state index is 15.5. The number of benzene rings is 1. The van der Waals surface area contributed by atoms with Gasteiger partial charge in [0.25, 0.3) is 12.0 Å². The molecule has 230 valence electrons. The van der Waals surface area contributed by atoms with Gasteiger partial charge in [0.2, 0.25) is 12.2 Å². The number of para-hydroxylation sites is 1. The fourth-order valence-corrected chi connectivity index (χ4v) is 6.46. The highest BCUT2D eigenvalue weighted by molar-refractivity contribution is 8.09. The number of nitrogens with one attached hydrogen (secondary N) is 2. The molecule has 0 saturated carbocycles. The van der Waals surface area contributed by atoms with Crippen molar-refractivity contribution < 1.29 is 46.0 Å². The van der Waals surface area contributed by atoms with E-state index in [9.17, 15) is 23.5 Å². The molecule has 0 aliphatic carbocycles. The predicted octanol–water partition coefficient (Wildman–Crippen LogP) is 2.48. The number of aliphatic hydroxyl groups is 1. The molecule has 0 spiro atoms. The van der Waals surface area contributed by atoms with E-state index in [2.05, 4.69) is 20.0 Å². The zero-order valence-electron chi connectivity index (χ0n) is 22.2. The summed E-state index contributed by atoms with van der Waals surface area (Å²) >= 11 is 5.46. The molecule has 19 heteroatoms. The third kappa shape index (κ3) is 6.14. The minimum absolute atomic E-state index is 0.110. The number of carbonyl (C=O) groups is 1. The quantitative estimate of drug-likeness (QED) is 0.137. The first kappa shape index (κ1) is 31.8. The van der Waals surface area contributed by atoms with E-state index in [1.54, 1.807) is 32.0 Å². The summed E-state index contributed by atoms with van der Waals surface area (Å²) in [5.41, 5.74) is 0.326. The van der Waals surface area contributed by atoms with Crippen molar-refractivity contribution in [2.24, 2.45) is 0 Å². The van der Waals surface area contributed by atoms with Crippen LogP contribution in [-0.2, 0) is 30.6 Å². The van der Waals surface area contributed by atoms with E-state index in [0.29, 0.717) is 10.9 Å². The molecule has 0 amide bonds. The molecule has 4 rings (SSSR count). The number of aliphatic hydroxyl groups excluding tert-OH is 1. The number of ether oxygens (including phenoxy) is 2. The molecule has 5 N–H and O–H groups in total. The van der Waals surface area contributed by atoms with E-state index in [0.717, 1.165) is 0 Å². The number of rotatable bonds is 11. The van der Waals surface area contributed by atoms with E-state index in [1.165, 1.54) is 19.1 Å². The van der Waals surface area contributed by atoms with Crippen LogP contribution in [0.1, 0.15) is 27.0 Å². The number of hydrogen-bond acceptors (Lipinski definition) is 11. The van der Waals surface area contributed by atoms with E-state index in [1.807, 2.05) is 0 Å². The summed E-state index contributed by atoms with van der Waals surface area (Å²) in [5, 5.41) is 13.2. The number of fused-ring (bicyclic) bond motifs is 1. The molecule has 1 fully saturated rings. The number of nitrogens with zero attached hydrogens (tertiary/aromatic N) is 3. The second-order valence-corrected chi connectivity index (χ2v) is 12.7. The van der Waals surface area contributed by atoms with E-state index < -0.39 is 84.3 Å². The Labute approximate surface area is 240 Å². The molecular formula is C23H27F4N6O7PS. The maximum absolute atomic E-state index is 15.5. The molecule has 42 heavy (non-hydrogen) atoms. The van der Waals surface area contributed by atoms with Crippen LogP contribution >= 0.6 is 6.64 Å². The van der Waals surface area contributed by atoms with Gasteiger partial charge in [-0.1, -0.05) is 18.2 Å². The van der Waals surface area contributed by atoms with Gasteiger partial charge >= 0.3 is 18.5 Å². The molecule has 1 saturated heterocycles. The van der Waals surface area contributed by atoms with Crippen molar-refractivity contribution in [2.75, 3.05) is 12.3 Å². The van der Waals surface area contributed by atoms with E-state index in [-0.39, 0.29) is 5.75 Å². The normalized spacial score (nSPS) is 24.1. The van der Waals surface area contributed by atoms with Gasteiger partial charge in [-0.3, -0.25) is 19.1 Å². The summed E-state index contributed by atoms with van der Waals surface area (Å²) < 4.78 is 82.2. The molecule has 1 aliphatic heterocycles. The van der Waals surface area contributed by atoms with Crippen molar-refractivity contribution in [3.8, 4) is 5.75 Å². The predicted molar refractivity (Wildman–Crippen MR) is 144 cm³/mol. The van der Waals surface area contributed by atoms with Crippen LogP contribution in [0.3, 0.4) is 0 Å². The molecule has 1 aromatic carbocycles. The first-order valence-electron chi connectivity index (χ1n) is 12.3. The Morgan fingerprint density at radius 1 is 1.31 bits per heavy atom. The second-order valence-electron chi connectivity index (χ2n) is 9.59. The Hall–Kier alpha value is -3.15. The number of alkyl halides is 4. The molecule has 5 atom stereocenters. The third-order valence-corrected chi connectivity index (χ3v) is 8.53. The van der Waals surface area contributed by atoms with Crippen LogP contribution in [0.2, 0.25) is 0 Å². The summed E-state index contributed by atoms with van der Waals surface area (Å²) in [5.74, 6) is -5.52. The van der Waals surface area contributed by atoms with E-state index in [4.69, 9.17) is 36.1 Å². The number of halogens is 4. The van der Waals surface area contributed by atoms with Gasteiger partial charge in [-0.25, -0.2) is 18.9 Å². The molecular weight excluding hydrogens is 611 g/mol. The Balaban J connectivity index is 1.68. The molecule has 2 aromatic heterocycles. The number of carbonyl (C=O) groups excluding carboxylic acids is 1. The summed E-state index contributed by atoms with van der Waals surface area (Å²) in [4.78, 5) is 34.1. The lowest BCUT2D eigenvalue weighted by atomic mass is 9.96. The maximum Gasteiger partial charge on any atom is 0.323 e. The van der Waals surface area contributed by atoms with Crippen molar-refractivity contribution in [1.82, 2.24) is 24.6 Å². The van der Waals surface area contributed by atoms with Crippen LogP contribution in [0.25, 0.3) is 11.2 Å². The number of anilines is 1. The summed E-state index contributed by atoms with van der Waals surface area (Å²) in [6.45, 7) is -0.873. The van der Waals surface area contributed by atoms with Crippen molar-refractivity contribution in [1.29, 1.82) is 0 Å². The Morgan fingerprint density at radius 2 is 1.98 bits per heavy atom. The SMILES string of the molecule is CC(C)OC(=O)C(C)NP(=S)(OCC1(C(F)F)OC(n2cnc3c(=O)[nH]c(N)nc32)C(F)(F)C1O)Oc1ccccc1. The highest BCUT2D eigenvalue weighted by atomic mass is 32.5. The van der Waals surface area contributed by atoms with Crippen molar-refractivity contribution >= 4 is 41.5 Å². The molecule has 5 unspecified atom stereocenters. The summed E-state index contributed by atoms with van der Waals surface area (Å²) in [6.07, 6.45) is -9.33. The number of esters is 1. The van der Waals surface area contributed by atoms with Gasteiger partial charge in [-0.15, -0.1) is 0 Å². The number of H-pyrrole nitrogens is 1. The van der Waals surface area contributed by atoms with Crippen LogP contribution in [0.4, 0.5) is 23.5 Å². The topological polar surface area (TPSA) is 176 Å². The largest absolute Gasteiger partial charge is 0.462 e. The zero-order chi connectivity index (χ0) is 31.0. The fraction of sp³-hybridized carbons (Fsp3) is 0.478. The van der Waals surface area contributed by atoms with Gasteiger partial charge in [0.15, 0.2) is 22.9 Å². The fourth-order valence-electron chi connectivity index (χ4n) is 4.04. The zero-order valence-corrected chi connectivity index (χ0v) is 24.0. The monoisotopic (exact) mass is 638 g/mol. The highest BCUT2D eigenvalue weighted by Gasteiger charge is 2.71. The Bertz CT molecular complexity index is 1540. The van der Waals surface area contributed by atoms with Gasteiger partial charge in [-0.2, -0.15) is 13.8 Å². The number of hydrogen-bond donors (Lipinski definition) is 4. The van der Waals surface area contributed by atoms with Crippen LogP contribution in [0, 0.1) is 0 Å². The van der Waals surface area contributed by atoms with Crippen molar-refractivity contribution in [2.45, 2.75) is 63.2 Å². The molecule has 0 bridgehead atoms. The number of aromatic nitrogens is 4. The van der Waals surface area contributed by atoms with Crippen molar-refractivity contribution in [3.63, 3.8) is 0 Å². The molecule has 3 aromatic rings. The standard InChI is InChI=1S/C23H27F4N6O7PS/c1-11(2)38-17(35)12(3)32-41(42,40-13-7-5-4-6-8-13)37-9-22(19(24)25)18(36)23(26,27)20(39-22)33-10-29-14-15(33)30-21(28)31-16(14)34/h4-8,10-12,18-20,36H,9H2,1-3H3,(H,32,42)(H3,28,30,31,34). The third-order valence-electron chi connectivity index (χ3n) is 6.05. The molecule has 13 nitrogen and oxygen atoms in total. The lowest BCUT2D eigenvalue weighted by Crippen LogP contribution is -2.54. The van der Waals surface area contributed by atoms with Gasteiger partial charge in [0.05, 0.1) is 19.0 Å². The number of imidazole rings is 1. The van der Waals surface area contributed by atoms with Gasteiger partial charge < -0.3 is 29.4 Å². The summed E-state index contributed by atoms with van der Waals surface area (Å²) in [6, 6.07) is 6.54. The smallest absolute Gasteiger partial charge is 0.323 e. The lowest BCUT2D eigenvalue weighted by molar-refractivity contribution is -0.191. The average molecular weight is 639 g/mol. The minimum atomic E-state index is -4.39. The Kier molecular flexibility index (Phi) is 8.97. The average Bonchev–Trinajstić information content (AvgIpc) is 3.40. The van der Waals surface area contributed by atoms with Gasteiger partial charge in [-0.05, 0) is 44.7 Å². The summed E-state index contributed by atoms with van der Waals surface area (Å²) in [7, 11) is 0. The molecule has 0 radical (unpaired) electrons. The lowest BCUT2D eigenvalue weighted by Gasteiger charge is -2.34. The van der Waals surface area contributed by atoms with Gasteiger partial charge in [0.1, 0.15) is 11.8 Å². The van der Waals surface area contributed by atoms with Crippen LogP contribution in [-0.4, -0.2) is 73.4 Å². The number of nitrogens with two attached hydrogens (primary N) is 1. The number of nitrogen functional groups attached to an aromatic ring is 1. The first-order valence-corrected chi connectivity index (χ1v) is 14.9. The van der Waals surface area contributed by atoms with Crippen LogP contribution < -0.4 is 20.9 Å². The van der Waals surface area contributed by atoms with Crippen molar-refractivity contribution in [3.05, 3.63) is 47.0 Å². The Morgan fingerprint density at radius 3 is 2.60 bits per heavy atom. The van der Waals surface area contributed by atoms with Crippen LogP contribution in [0.15, 0.2) is 41.5 Å². The second kappa shape index (κ2) is 11.9. The first-order chi connectivity index (χ1) is 19.6. The number of aromatic amines is 1. The minimum Gasteiger partial charge on any atom is -0.462 e.